The van der Waals surface area contributed by atoms with Gasteiger partial charge in [-0.25, -0.2) is 13.8 Å². The molecule has 4 nitrogen and oxygen atoms in total. The Hall–Kier alpha value is -0.820. The molecule has 0 aromatic carbocycles. The lowest BCUT2D eigenvalue weighted by molar-refractivity contribution is -0.386. The van der Waals surface area contributed by atoms with E-state index >= 15 is 0 Å². The van der Waals surface area contributed by atoms with E-state index in [1.54, 1.807) is 0 Å². The second-order valence-electron chi connectivity index (χ2n) is 2.51. The number of aromatic nitrogens is 1. The van der Waals surface area contributed by atoms with Gasteiger partial charge in [0.15, 0.2) is 5.69 Å². The van der Waals surface area contributed by atoms with Crippen molar-refractivity contribution in [3.63, 3.8) is 0 Å². The molecular formula is C7H4BrClF2N2O2. The van der Waals surface area contributed by atoms with Crippen molar-refractivity contribution >= 4 is 33.2 Å². The zero-order chi connectivity index (χ0) is 11.6. The van der Waals surface area contributed by atoms with Gasteiger partial charge < -0.3 is 0 Å². The monoisotopic (exact) mass is 300 g/mol. The van der Waals surface area contributed by atoms with Crippen LogP contribution in [0.25, 0.3) is 0 Å². The first-order valence-corrected chi connectivity index (χ1v) is 4.98. The molecule has 0 aliphatic heterocycles. The van der Waals surface area contributed by atoms with Crippen molar-refractivity contribution < 1.29 is 13.7 Å². The van der Waals surface area contributed by atoms with Gasteiger partial charge in [0.2, 0.25) is 0 Å². The molecule has 0 spiro atoms. The molecule has 1 aromatic rings. The van der Waals surface area contributed by atoms with E-state index in [1.165, 1.54) is 0 Å². The molecule has 0 amide bonds. The summed E-state index contributed by atoms with van der Waals surface area (Å²) in [6.45, 7) is 0. The van der Waals surface area contributed by atoms with Crippen molar-refractivity contribution in [3.05, 3.63) is 32.0 Å². The second-order valence-corrected chi connectivity index (χ2v) is 3.63. The predicted molar refractivity (Wildman–Crippen MR) is 53.1 cm³/mol. The lowest BCUT2D eigenvalue weighted by atomic mass is 10.2. The Morgan fingerprint density at radius 3 is 2.67 bits per heavy atom. The molecule has 0 atom stereocenters. The number of halogens is 4. The molecule has 15 heavy (non-hydrogen) atoms. The van der Waals surface area contributed by atoms with Gasteiger partial charge in [0.1, 0.15) is 0 Å². The standard InChI is InChI=1S/C7H4BrClF2N2O2/c8-3-1-5(13(14)15)6(7(10)11)12-4(3)2-9/h1,7H,2H2. The Morgan fingerprint density at radius 1 is 1.67 bits per heavy atom. The van der Waals surface area contributed by atoms with Gasteiger partial charge in [0, 0.05) is 10.5 Å². The molecule has 82 valence electrons. The molecule has 0 saturated carbocycles. The molecule has 0 fully saturated rings. The lowest BCUT2D eigenvalue weighted by Gasteiger charge is -2.04. The molecule has 1 aromatic heterocycles. The third kappa shape index (κ3) is 2.60. The molecule has 0 radical (unpaired) electrons. The Bertz CT molecular complexity index is 403. The summed E-state index contributed by atoms with van der Waals surface area (Å²) in [5.41, 5.74) is -1.43. The van der Waals surface area contributed by atoms with Gasteiger partial charge in [-0.05, 0) is 15.9 Å². The third-order valence-corrected chi connectivity index (χ3v) is 2.53. The lowest BCUT2D eigenvalue weighted by Crippen LogP contribution is -2.02. The largest absolute Gasteiger partial charge is 0.297 e. The molecule has 0 aliphatic carbocycles. The zero-order valence-electron chi connectivity index (χ0n) is 7.08. The number of pyridine rings is 1. The van der Waals surface area contributed by atoms with E-state index in [4.69, 9.17) is 11.6 Å². The normalized spacial score (nSPS) is 10.7. The summed E-state index contributed by atoms with van der Waals surface area (Å²) in [6.07, 6.45) is -3.00. The van der Waals surface area contributed by atoms with E-state index in [0.29, 0.717) is 0 Å². The summed E-state index contributed by atoms with van der Waals surface area (Å²) >= 11 is 8.40. The van der Waals surface area contributed by atoms with Crippen LogP contribution in [0.1, 0.15) is 17.8 Å². The number of nitro groups is 1. The van der Waals surface area contributed by atoms with E-state index in [0.717, 1.165) is 6.07 Å². The Morgan fingerprint density at radius 2 is 2.27 bits per heavy atom. The van der Waals surface area contributed by atoms with Crippen molar-refractivity contribution in [2.24, 2.45) is 0 Å². The van der Waals surface area contributed by atoms with Crippen LogP contribution in [0.2, 0.25) is 0 Å². The number of nitrogens with zero attached hydrogens (tertiary/aromatic N) is 2. The molecule has 0 bridgehead atoms. The van der Waals surface area contributed by atoms with Crippen molar-refractivity contribution in [2.75, 3.05) is 0 Å². The molecule has 0 saturated heterocycles. The van der Waals surface area contributed by atoms with Gasteiger partial charge >= 0.3 is 0 Å². The highest BCUT2D eigenvalue weighted by Crippen LogP contribution is 2.31. The molecule has 8 heteroatoms. The van der Waals surface area contributed by atoms with Crippen LogP contribution in [-0.2, 0) is 5.88 Å². The predicted octanol–water partition coefficient (Wildman–Crippen LogP) is 3.43. The fourth-order valence-electron chi connectivity index (χ4n) is 0.934. The van der Waals surface area contributed by atoms with E-state index in [2.05, 4.69) is 20.9 Å². The maximum atomic E-state index is 12.4. The minimum Gasteiger partial charge on any atom is -0.258 e. The molecule has 0 aliphatic rings. The van der Waals surface area contributed by atoms with Crippen molar-refractivity contribution in [2.45, 2.75) is 12.3 Å². The highest BCUT2D eigenvalue weighted by atomic mass is 79.9. The summed E-state index contributed by atoms with van der Waals surface area (Å²) in [5, 5.41) is 10.5. The van der Waals surface area contributed by atoms with Gasteiger partial charge in [-0.3, -0.25) is 10.1 Å². The van der Waals surface area contributed by atoms with Crippen LogP contribution in [-0.4, -0.2) is 9.91 Å². The van der Waals surface area contributed by atoms with E-state index in [1.807, 2.05) is 0 Å². The number of rotatable bonds is 3. The van der Waals surface area contributed by atoms with E-state index in [-0.39, 0.29) is 16.0 Å². The Kier molecular flexibility index (Phi) is 3.92. The molecular weight excluding hydrogens is 297 g/mol. The zero-order valence-corrected chi connectivity index (χ0v) is 9.43. The van der Waals surface area contributed by atoms with E-state index in [9.17, 15) is 18.9 Å². The van der Waals surface area contributed by atoms with Crippen LogP contribution in [0.3, 0.4) is 0 Å². The summed E-state index contributed by atoms with van der Waals surface area (Å²) in [4.78, 5) is 13.0. The van der Waals surface area contributed by atoms with Gasteiger partial charge in [-0.2, -0.15) is 0 Å². The maximum Gasteiger partial charge on any atom is 0.297 e. The van der Waals surface area contributed by atoms with Gasteiger partial charge in [0.25, 0.3) is 12.1 Å². The summed E-state index contributed by atoms with van der Waals surface area (Å²) < 4.78 is 25.1. The summed E-state index contributed by atoms with van der Waals surface area (Å²) in [5.74, 6) is -0.0989. The minimum atomic E-state index is -3.00. The first kappa shape index (κ1) is 12.3. The quantitative estimate of drug-likeness (QED) is 0.488. The first-order chi connectivity index (χ1) is 6.97. The molecule has 0 unspecified atom stereocenters. The molecule has 1 heterocycles. The smallest absolute Gasteiger partial charge is 0.258 e. The van der Waals surface area contributed by atoms with Crippen LogP contribution >= 0.6 is 27.5 Å². The van der Waals surface area contributed by atoms with Crippen LogP contribution in [0.15, 0.2) is 10.5 Å². The highest BCUT2D eigenvalue weighted by molar-refractivity contribution is 9.10. The SMILES string of the molecule is O=[N+]([O-])c1cc(Br)c(CCl)nc1C(F)F. The second kappa shape index (κ2) is 4.80. The van der Waals surface area contributed by atoms with Gasteiger partial charge in [-0.1, -0.05) is 0 Å². The third-order valence-electron chi connectivity index (χ3n) is 1.59. The Balaban J connectivity index is 3.38. The van der Waals surface area contributed by atoms with Crippen molar-refractivity contribution in [1.29, 1.82) is 0 Å². The number of hydrogen-bond donors (Lipinski definition) is 0. The minimum absolute atomic E-state index is 0.0989. The fourth-order valence-corrected chi connectivity index (χ4v) is 1.74. The summed E-state index contributed by atoms with van der Waals surface area (Å²) in [7, 11) is 0. The highest BCUT2D eigenvalue weighted by Gasteiger charge is 2.25. The van der Waals surface area contributed by atoms with Crippen molar-refractivity contribution in [1.82, 2.24) is 4.98 Å². The maximum absolute atomic E-state index is 12.4. The number of alkyl halides is 3. The average Bonchev–Trinajstić information content (AvgIpc) is 2.16. The van der Waals surface area contributed by atoms with Crippen LogP contribution in [0.4, 0.5) is 14.5 Å². The van der Waals surface area contributed by atoms with Crippen LogP contribution in [0, 0.1) is 10.1 Å². The first-order valence-electron chi connectivity index (χ1n) is 3.65. The number of hydrogen-bond acceptors (Lipinski definition) is 3. The van der Waals surface area contributed by atoms with Crippen molar-refractivity contribution in [3.8, 4) is 0 Å². The van der Waals surface area contributed by atoms with Gasteiger partial charge in [-0.15, -0.1) is 11.6 Å². The summed E-state index contributed by atoms with van der Waals surface area (Å²) in [6, 6.07) is 0.978. The topological polar surface area (TPSA) is 56.0 Å². The molecule has 1 rings (SSSR count). The van der Waals surface area contributed by atoms with Crippen LogP contribution < -0.4 is 0 Å². The Labute approximate surface area is 96.5 Å². The molecule has 0 N–H and O–H groups in total. The van der Waals surface area contributed by atoms with Crippen LogP contribution in [0.5, 0.6) is 0 Å². The van der Waals surface area contributed by atoms with Gasteiger partial charge in [0.05, 0.1) is 16.5 Å². The fraction of sp³-hybridized carbons (Fsp3) is 0.286. The average molecular weight is 301 g/mol. The van der Waals surface area contributed by atoms with E-state index < -0.39 is 22.7 Å².